The first-order chi connectivity index (χ1) is 15.2. The number of anilines is 2. The molecule has 0 aromatic heterocycles. The van der Waals surface area contributed by atoms with Crippen molar-refractivity contribution in [3.8, 4) is 0 Å². The van der Waals surface area contributed by atoms with Crippen molar-refractivity contribution in [1.82, 2.24) is 0 Å². The summed E-state index contributed by atoms with van der Waals surface area (Å²) in [5.41, 5.74) is 0.513. The van der Waals surface area contributed by atoms with Crippen molar-refractivity contribution >= 4 is 44.9 Å². The molecule has 3 aromatic rings. The third-order valence-corrected chi connectivity index (χ3v) is 6.51. The van der Waals surface area contributed by atoms with E-state index in [0.29, 0.717) is 0 Å². The molecule has 0 unspecified atom stereocenters. The van der Waals surface area contributed by atoms with Crippen LogP contribution in [0.25, 0.3) is 0 Å². The Hall–Kier alpha value is -3.43. The Morgan fingerprint density at radius 2 is 1.69 bits per heavy atom. The van der Waals surface area contributed by atoms with Crippen LogP contribution in [0.2, 0.25) is 5.02 Å². The first-order valence-corrected chi connectivity index (χ1v) is 11.1. The summed E-state index contributed by atoms with van der Waals surface area (Å²) in [6.07, 6.45) is 0. The minimum absolute atomic E-state index is 0.117. The monoisotopic (exact) mass is 476 g/mol. The van der Waals surface area contributed by atoms with E-state index in [0.717, 1.165) is 28.6 Å². The normalized spacial score (nSPS) is 11.0. The molecule has 1 amide bonds. The molecular weight excluding hydrogens is 459 g/mol. The fourth-order valence-electron chi connectivity index (χ4n) is 2.83. The molecule has 0 fully saturated rings. The number of esters is 1. The lowest BCUT2D eigenvalue weighted by molar-refractivity contribution is -0.114. The van der Waals surface area contributed by atoms with E-state index in [1.165, 1.54) is 37.4 Å². The first kappa shape index (κ1) is 23.2. The number of nitrogens with zero attached hydrogens (tertiary/aromatic N) is 1. The summed E-state index contributed by atoms with van der Waals surface area (Å²) < 4.78 is 45.3. The van der Waals surface area contributed by atoms with E-state index in [4.69, 9.17) is 11.6 Å². The molecule has 3 aromatic carbocycles. The molecule has 0 spiro atoms. The number of benzene rings is 3. The number of sulfonamides is 1. The van der Waals surface area contributed by atoms with Crippen LogP contribution < -0.4 is 9.62 Å². The van der Waals surface area contributed by atoms with Crippen molar-refractivity contribution < 1.29 is 27.1 Å². The number of hydrogen-bond donors (Lipinski definition) is 1. The molecule has 0 aliphatic rings. The van der Waals surface area contributed by atoms with Gasteiger partial charge >= 0.3 is 5.97 Å². The molecule has 0 atom stereocenters. The largest absolute Gasteiger partial charge is 0.465 e. The second kappa shape index (κ2) is 9.80. The molecule has 0 radical (unpaired) electrons. The quantitative estimate of drug-likeness (QED) is 0.518. The van der Waals surface area contributed by atoms with E-state index in [2.05, 4.69) is 10.1 Å². The van der Waals surface area contributed by atoms with Gasteiger partial charge in [-0.1, -0.05) is 29.8 Å². The Bertz CT molecular complexity index is 1230. The van der Waals surface area contributed by atoms with Crippen LogP contribution >= 0.6 is 11.6 Å². The van der Waals surface area contributed by atoms with Crippen molar-refractivity contribution in [1.29, 1.82) is 0 Å². The van der Waals surface area contributed by atoms with Crippen LogP contribution in [0.4, 0.5) is 15.8 Å². The number of amides is 1. The summed E-state index contributed by atoms with van der Waals surface area (Å²) in [7, 11) is -2.98. The number of rotatable bonds is 7. The second-order valence-electron chi connectivity index (χ2n) is 6.54. The molecule has 0 aliphatic heterocycles. The number of nitrogens with one attached hydrogen (secondary N) is 1. The van der Waals surface area contributed by atoms with Crippen LogP contribution in [0, 0.1) is 5.82 Å². The maximum absolute atomic E-state index is 13.3. The third-order valence-electron chi connectivity index (χ3n) is 4.39. The lowest BCUT2D eigenvalue weighted by Gasteiger charge is -2.24. The number of ether oxygens (including phenoxy) is 1. The zero-order chi connectivity index (χ0) is 23.3. The fourth-order valence-corrected chi connectivity index (χ4v) is 4.41. The van der Waals surface area contributed by atoms with Crippen LogP contribution in [-0.2, 0) is 19.6 Å². The van der Waals surface area contributed by atoms with Crippen molar-refractivity contribution in [3.63, 3.8) is 0 Å². The molecule has 0 saturated carbocycles. The van der Waals surface area contributed by atoms with Crippen LogP contribution in [-0.4, -0.2) is 33.9 Å². The van der Waals surface area contributed by atoms with Crippen molar-refractivity contribution in [2.45, 2.75) is 4.90 Å². The van der Waals surface area contributed by atoms with Gasteiger partial charge in [0.1, 0.15) is 12.4 Å². The average molecular weight is 477 g/mol. The number of methoxy groups -OCH3 is 1. The van der Waals surface area contributed by atoms with Crippen molar-refractivity contribution in [2.75, 3.05) is 23.3 Å². The van der Waals surface area contributed by atoms with E-state index >= 15 is 0 Å². The minimum Gasteiger partial charge on any atom is -0.465 e. The molecule has 0 bridgehead atoms. The van der Waals surface area contributed by atoms with Gasteiger partial charge in [0.25, 0.3) is 10.0 Å². The molecule has 32 heavy (non-hydrogen) atoms. The second-order valence-corrected chi connectivity index (χ2v) is 8.81. The van der Waals surface area contributed by atoms with Gasteiger partial charge in [0.05, 0.1) is 34.0 Å². The van der Waals surface area contributed by atoms with Gasteiger partial charge in [0.15, 0.2) is 0 Å². The lowest BCUT2D eigenvalue weighted by Crippen LogP contribution is -2.38. The highest BCUT2D eigenvalue weighted by Crippen LogP contribution is 2.26. The molecule has 166 valence electrons. The number of halogens is 2. The summed E-state index contributed by atoms with van der Waals surface area (Å²) >= 11 is 6.11. The van der Waals surface area contributed by atoms with Crippen LogP contribution in [0.5, 0.6) is 0 Å². The number of carbonyl (C=O) groups excluding carboxylic acids is 2. The van der Waals surface area contributed by atoms with Gasteiger partial charge in [-0.15, -0.1) is 0 Å². The molecule has 1 N–H and O–H groups in total. The Morgan fingerprint density at radius 1 is 1.03 bits per heavy atom. The van der Waals surface area contributed by atoms with E-state index in [1.807, 2.05) is 0 Å². The van der Waals surface area contributed by atoms with Gasteiger partial charge in [-0.3, -0.25) is 9.10 Å². The van der Waals surface area contributed by atoms with Crippen LogP contribution in [0.3, 0.4) is 0 Å². The van der Waals surface area contributed by atoms with Crippen molar-refractivity contribution in [3.05, 3.63) is 89.2 Å². The number of para-hydroxylation sites is 1. The molecular formula is C22H18ClFN2O5S. The Kier molecular flexibility index (Phi) is 7.12. The Labute approximate surface area is 189 Å². The molecule has 0 aliphatic carbocycles. The van der Waals surface area contributed by atoms with Crippen molar-refractivity contribution in [2.24, 2.45) is 0 Å². The standard InChI is InChI=1S/C22H18ClFN2O5S/c1-31-22(28)15-7-12-19(23)20(13-15)25-21(27)14-26(17-5-3-2-4-6-17)32(29,30)18-10-8-16(24)9-11-18/h2-13H,14H2,1H3,(H,25,27). The zero-order valence-corrected chi connectivity index (χ0v) is 18.4. The maximum Gasteiger partial charge on any atom is 0.337 e. The van der Waals surface area contributed by atoms with Crippen LogP contribution in [0.15, 0.2) is 77.7 Å². The van der Waals surface area contributed by atoms with Gasteiger partial charge in [0, 0.05) is 0 Å². The summed E-state index contributed by atoms with van der Waals surface area (Å²) in [4.78, 5) is 24.3. The molecule has 3 rings (SSSR count). The molecule has 0 heterocycles. The van der Waals surface area contributed by atoms with E-state index < -0.39 is 34.3 Å². The number of hydrogen-bond acceptors (Lipinski definition) is 5. The van der Waals surface area contributed by atoms with Gasteiger partial charge in [-0.05, 0) is 54.6 Å². The topological polar surface area (TPSA) is 92.8 Å². The predicted molar refractivity (Wildman–Crippen MR) is 119 cm³/mol. The zero-order valence-electron chi connectivity index (χ0n) is 16.8. The fraction of sp³-hybridized carbons (Fsp3) is 0.0909. The highest BCUT2D eigenvalue weighted by molar-refractivity contribution is 7.92. The third kappa shape index (κ3) is 5.24. The minimum atomic E-state index is -4.20. The highest BCUT2D eigenvalue weighted by Gasteiger charge is 2.27. The summed E-state index contributed by atoms with van der Waals surface area (Å²) in [5, 5.41) is 2.67. The van der Waals surface area contributed by atoms with E-state index in [9.17, 15) is 22.4 Å². The Morgan fingerprint density at radius 3 is 2.31 bits per heavy atom. The van der Waals surface area contributed by atoms with Gasteiger partial charge in [0.2, 0.25) is 5.91 Å². The van der Waals surface area contributed by atoms with Gasteiger partial charge in [-0.25, -0.2) is 17.6 Å². The van der Waals surface area contributed by atoms with Crippen LogP contribution in [0.1, 0.15) is 10.4 Å². The summed E-state index contributed by atoms with van der Waals surface area (Å²) in [5.74, 6) is -1.92. The van der Waals surface area contributed by atoms with Gasteiger partial charge < -0.3 is 10.1 Å². The Balaban J connectivity index is 1.92. The van der Waals surface area contributed by atoms with E-state index in [-0.39, 0.29) is 26.9 Å². The summed E-state index contributed by atoms with van der Waals surface area (Å²) in [6, 6.07) is 16.4. The summed E-state index contributed by atoms with van der Waals surface area (Å²) in [6.45, 7) is -0.595. The molecule has 0 saturated heterocycles. The maximum atomic E-state index is 13.3. The first-order valence-electron chi connectivity index (χ1n) is 9.23. The average Bonchev–Trinajstić information content (AvgIpc) is 2.79. The van der Waals surface area contributed by atoms with Gasteiger partial charge in [-0.2, -0.15) is 0 Å². The molecule has 10 heteroatoms. The smallest absolute Gasteiger partial charge is 0.337 e. The number of carbonyl (C=O) groups is 2. The molecule has 7 nitrogen and oxygen atoms in total. The highest BCUT2D eigenvalue weighted by atomic mass is 35.5. The van der Waals surface area contributed by atoms with E-state index in [1.54, 1.807) is 18.2 Å². The predicted octanol–water partition coefficient (Wildman–Crippen LogP) is 4.10. The SMILES string of the molecule is COC(=O)c1ccc(Cl)c(NC(=O)CN(c2ccccc2)S(=O)(=O)c2ccc(F)cc2)c1. The lowest BCUT2D eigenvalue weighted by atomic mass is 10.2.